The van der Waals surface area contributed by atoms with Gasteiger partial charge in [-0.15, -0.1) is 0 Å². The lowest BCUT2D eigenvalue weighted by atomic mass is 9.76. The van der Waals surface area contributed by atoms with Crippen molar-refractivity contribution in [1.29, 1.82) is 0 Å². The van der Waals surface area contributed by atoms with Crippen LogP contribution < -0.4 is 0 Å². The van der Waals surface area contributed by atoms with Crippen LogP contribution in [-0.4, -0.2) is 11.2 Å². The van der Waals surface area contributed by atoms with E-state index in [1.807, 2.05) is 0 Å². The van der Waals surface area contributed by atoms with Crippen molar-refractivity contribution in [1.82, 2.24) is 0 Å². The van der Waals surface area contributed by atoms with Crippen LogP contribution in [0, 0.1) is 28.6 Å². The van der Waals surface area contributed by atoms with Crippen LogP contribution in [0.15, 0.2) is 0 Å². The topological polar surface area (TPSA) is 20.2 Å². The zero-order chi connectivity index (χ0) is 8.02. The van der Waals surface area contributed by atoms with Gasteiger partial charge in [0, 0.05) is 0 Å². The van der Waals surface area contributed by atoms with E-state index in [-0.39, 0.29) is 6.10 Å². The standard InChI is InChI=1S/C10H16O/c1-9(2)6-4-5-7(8(6)11)10(5,9)3/h5-8,11H,4H2,1-3H3/t5-,6-,7+,8-,10-/m1/s1. The molecule has 0 saturated heterocycles. The first-order valence-corrected chi connectivity index (χ1v) is 4.69. The number of hydrogen-bond donors (Lipinski definition) is 1. The van der Waals surface area contributed by atoms with Crippen LogP contribution in [0.25, 0.3) is 0 Å². The Morgan fingerprint density at radius 1 is 1.18 bits per heavy atom. The molecular formula is C10H16O. The molecule has 0 aromatic carbocycles. The monoisotopic (exact) mass is 152 g/mol. The van der Waals surface area contributed by atoms with Crippen molar-refractivity contribution in [2.45, 2.75) is 33.3 Å². The van der Waals surface area contributed by atoms with Crippen LogP contribution in [-0.2, 0) is 0 Å². The molecule has 0 spiro atoms. The fraction of sp³-hybridized carbons (Fsp3) is 1.00. The molecule has 0 aromatic heterocycles. The summed E-state index contributed by atoms with van der Waals surface area (Å²) >= 11 is 0. The van der Waals surface area contributed by atoms with Gasteiger partial charge >= 0.3 is 0 Å². The molecule has 0 heterocycles. The number of rotatable bonds is 0. The fourth-order valence-corrected chi connectivity index (χ4v) is 4.31. The molecule has 0 amide bonds. The van der Waals surface area contributed by atoms with Crippen molar-refractivity contribution in [2.24, 2.45) is 28.6 Å². The minimum atomic E-state index is 0.0417. The first-order valence-electron chi connectivity index (χ1n) is 4.69. The van der Waals surface area contributed by atoms with E-state index in [2.05, 4.69) is 20.8 Å². The first kappa shape index (κ1) is 6.47. The first-order chi connectivity index (χ1) is 5.01. The van der Waals surface area contributed by atoms with E-state index in [0.717, 1.165) is 5.92 Å². The minimum Gasteiger partial charge on any atom is -0.392 e. The van der Waals surface area contributed by atoms with E-state index >= 15 is 0 Å². The summed E-state index contributed by atoms with van der Waals surface area (Å²) in [6.45, 7) is 7.06. The van der Waals surface area contributed by atoms with Gasteiger partial charge in [-0.1, -0.05) is 20.8 Å². The van der Waals surface area contributed by atoms with Crippen LogP contribution in [0.2, 0.25) is 0 Å². The smallest absolute Gasteiger partial charge is 0.0610 e. The quantitative estimate of drug-likeness (QED) is 0.559. The second-order valence-corrected chi connectivity index (χ2v) is 5.47. The van der Waals surface area contributed by atoms with Gasteiger partial charge in [-0.25, -0.2) is 0 Å². The van der Waals surface area contributed by atoms with Gasteiger partial charge in [-0.05, 0) is 35.0 Å². The highest BCUT2D eigenvalue weighted by molar-refractivity contribution is 5.31. The summed E-state index contributed by atoms with van der Waals surface area (Å²) in [7, 11) is 0. The molecule has 1 heteroatoms. The van der Waals surface area contributed by atoms with E-state index in [1.54, 1.807) is 0 Å². The van der Waals surface area contributed by atoms with Crippen LogP contribution in [0.5, 0.6) is 0 Å². The van der Waals surface area contributed by atoms with E-state index in [4.69, 9.17) is 0 Å². The predicted octanol–water partition coefficient (Wildman–Crippen LogP) is 1.66. The van der Waals surface area contributed by atoms with Gasteiger partial charge in [0.1, 0.15) is 0 Å². The molecule has 1 nitrogen and oxygen atoms in total. The van der Waals surface area contributed by atoms with E-state index < -0.39 is 0 Å². The minimum absolute atomic E-state index is 0.0417. The maximum absolute atomic E-state index is 9.85. The second-order valence-electron chi connectivity index (χ2n) is 5.47. The van der Waals surface area contributed by atoms with Gasteiger partial charge in [0.05, 0.1) is 6.10 Å². The molecule has 4 saturated carbocycles. The molecule has 4 aliphatic carbocycles. The van der Waals surface area contributed by atoms with Crippen LogP contribution in [0.1, 0.15) is 27.2 Å². The molecule has 11 heavy (non-hydrogen) atoms. The summed E-state index contributed by atoms with van der Waals surface area (Å²) in [6.07, 6.45) is 1.34. The SMILES string of the molecule is CC1(C)[C@@H]2C[C@@H]3[C@@H]([C@@H]2O)[C@@]31C. The molecule has 1 N–H and O–H groups in total. The summed E-state index contributed by atoms with van der Waals surface area (Å²) in [5.41, 5.74) is 0.929. The average molecular weight is 152 g/mol. The molecule has 0 aromatic rings. The van der Waals surface area contributed by atoms with Gasteiger partial charge in [0.25, 0.3) is 0 Å². The third-order valence-corrected chi connectivity index (χ3v) is 5.39. The third-order valence-electron chi connectivity index (χ3n) is 5.39. The van der Waals surface area contributed by atoms with Gasteiger partial charge in [0.2, 0.25) is 0 Å². The molecule has 4 rings (SSSR count). The lowest BCUT2D eigenvalue weighted by Crippen LogP contribution is -2.25. The van der Waals surface area contributed by atoms with Gasteiger partial charge < -0.3 is 5.11 Å². The molecule has 4 aliphatic rings. The van der Waals surface area contributed by atoms with Gasteiger partial charge in [-0.3, -0.25) is 0 Å². The molecule has 0 unspecified atom stereocenters. The Morgan fingerprint density at radius 2 is 1.82 bits per heavy atom. The Labute approximate surface area is 67.8 Å². The molecule has 4 bridgehead atoms. The molecule has 0 aliphatic heterocycles. The highest BCUT2D eigenvalue weighted by Gasteiger charge is 2.83. The van der Waals surface area contributed by atoms with E-state index in [1.165, 1.54) is 6.42 Å². The number of hydrogen-bond acceptors (Lipinski definition) is 1. The molecule has 0 radical (unpaired) electrons. The highest BCUT2D eigenvalue weighted by atomic mass is 16.3. The second kappa shape index (κ2) is 1.28. The molecule has 62 valence electrons. The van der Waals surface area contributed by atoms with Gasteiger partial charge in [-0.2, -0.15) is 0 Å². The lowest BCUT2D eigenvalue weighted by molar-refractivity contribution is 0.0951. The predicted molar refractivity (Wildman–Crippen MR) is 43.0 cm³/mol. The molecule has 4 fully saturated rings. The van der Waals surface area contributed by atoms with Crippen LogP contribution in [0.4, 0.5) is 0 Å². The zero-order valence-electron chi connectivity index (χ0n) is 7.46. The summed E-state index contributed by atoms with van der Waals surface area (Å²) in [5, 5.41) is 9.85. The summed E-state index contributed by atoms with van der Waals surface area (Å²) in [6, 6.07) is 0. The maximum atomic E-state index is 9.85. The summed E-state index contributed by atoms with van der Waals surface area (Å²) < 4.78 is 0. The van der Waals surface area contributed by atoms with Crippen molar-refractivity contribution in [3.63, 3.8) is 0 Å². The Hall–Kier alpha value is -0.0400. The summed E-state index contributed by atoms with van der Waals surface area (Å²) in [5.74, 6) is 2.16. The maximum Gasteiger partial charge on any atom is 0.0610 e. The average Bonchev–Trinajstić information content (AvgIpc) is 2.14. The molecule has 5 atom stereocenters. The Kier molecular flexibility index (Phi) is 0.755. The van der Waals surface area contributed by atoms with Crippen molar-refractivity contribution < 1.29 is 5.11 Å². The van der Waals surface area contributed by atoms with Gasteiger partial charge in [0.15, 0.2) is 0 Å². The van der Waals surface area contributed by atoms with E-state index in [9.17, 15) is 5.11 Å². The van der Waals surface area contributed by atoms with Crippen LogP contribution in [0.3, 0.4) is 0 Å². The Morgan fingerprint density at radius 3 is 1.91 bits per heavy atom. The lowest BCUT2D eigenvalue weighted by Gasteiger charge is -2.29. The van der Waals surface area contributed by atoms with Crippen molar-refractivity contribution in [3.8, 4) is 0 Å². The number of aliphatic hydroxyl groups excluding tert-OH is 1. The van der Waals surface area contributed by atoms with Crippen molar-refractivity contribution >= 4 is 0 Å². The fourth-order valence-electron chi connectivity index (χ4n) is 4.31. The largest absolute Gasteiger partial charge is 0.392 e. The summed E-state index contributed by atoms with van der Waals surface area (Å²) in [4.78, 5) is 0. The van der Waals surface area contributed by atoms with Crippen LogP contribution >= 0.6 is 0 Å². The Bertz CT molecular complexity index is 228. The highest BCUT2D eigenvalue weighted by Crippen LogP contribution is 2.85. The van der Waals surface area contributed by atoms with Crippen molar-refractivity contribution in [2.75, 3.05) is 0 Å². The molecular weight excluding hydrogens is 136 g/mol. The third kappa shape index (κ3) is 0.376. The zero-order valence-corrected chi connectivity index (χ0v) is 7.46. The normalized spacial score (nSPS) is 68.7. The van der Waals surface area contributed by atoms with E-state index in [0.29, 0.717) is 22.7 Å². The van der Waals surface area contributed by atoms with Crippen molar-refractivity contribution in [3.05, 3.63) is 0 Å². The Balaban J connectivity index is 2.16. The number of aliphatic hydroxyl groups is 1.